The van der Waals surface area contributed by atoms with E-state index in [9.17, 15) is 9.59 Å². The number of amides is 2. The Kier molecular flexibility index (Phi) is 2.78. The number of benzene rings is 1. The summed E-state index contributed by atoms with van der Waals surface area (Å²) in [5, 5.41) is 0. The summed E-state index contributed by atoms with van der Waals surface area (Å²) in [5.41, 5.74) is 1.86. The van der Waals surface area contributed by atoms with E-state index in [-0.39, 0.29) is 35.5 Å². The summed E-state index contributed by atoms with van der Waals surface area (Å²) in [7, 11) is 0. The van der Waals surface area contributed by atoms with Crippen LogP contribution in [-0.4, -0.2) is 11.8 Å². The summed E-state index contributed by atoms with van der Waals surface area (Å²) in [6, 6.07) is 7.78. The Labute approximate surface area is 124 Å². The van der Waals surface area contributed by atoms with Crippen LogP contribution in [0.2, 0.25) is 0 Å². The van der Waals surface area contributed by atoms with Gasteiger partial charge in [-0.15, -0.1) is 0 Å². The number of carbonyl (C=O) groups is 2. The molecule has 3 heteroatoms. The molecule has 0 N–H and O–H groups in total. The molecule has 0 radical (unpaired) electrons. The molecular formula is C18H19NO2. The largest absolute Gasteiger partial charge is 0.274 e. The molecule has 1 heterocycles. The van der Waals surface area contributed by atoms with Gasteiger partial charge in [-0.1, -0.05) is 37.3 Å². The van der Waals surface area contributed by atoms with E-state index in [4.69, 9.17) is 0 Å². The summed E-state index contributed by atoms with van der Waals surface area (Å²) in [6.07, 6.45) is 7.24. The van der Waals surface area contributed by atoms with Crippen LogP contribution in [0.15, 0.2) is 36.4 Å². The predicted molar refractivity (Wildman–Crippen MR) is 80.6 cm³/mol. The van der Waals surface area contributed by atoms with Crippen molar-refractivity contribution in [3.05, 3.63) is 42.0 Å². The van der Waals surface area contributed by atoms with Crippen LogP contribution in [-0.2, 0) is 16.0 Å². The molecule has 1 aliphatic heterocycles. The molecule has 1 aromatic rings. The molecule has 1 saturated heterocycles. The molecule has 21 heavy (non-hydrogen) atoms. The summed E-state index contributed by atoms with van der Waals surface area (Å²) < 4.78 is 0. The van der Waals surface area contributed by atoms with Crippen LogP contribution in [0.25, 0.3) is 0 Å². The van der Waals surface area contributed by atoms with E-state index < -0.39 is 0 Å². The monoisotopic (exact) mass is 281 g/mol. The first-order chi connectivity index (χ1) is 10.2. The van der Waals surface area contributed by atoms with Crippen molar-refractivity contribution in [1.29, 1.82) is 0 Å². The fourth-order valence-electron chi connectivity index (χ4n) is 4.34. The maximum Gasteiger partial charge on any atom is 0.238 e. The highest BCUT2D eigenvalue weighted by Gasteiger charge is 2.57. The first kappa shape index (κ1) is 12.8. The number of aryl methyl sites for hydroxylation is 1. The predicted octanol–water partition coefficient (Wildman–Crippen LogP) is 2.95. The lowest BCUT2D eigenvalue weighted by Gasteiger charge is -2.38. The minimum Gasteiger partial charge on any atom is -0.274 e. The zero-order valence-corrected chi connectivity index (χ0v) is 12.2. The number of hydrogen-bond acceptors (Lipinski definition) is 2. The van der Waals surface area contributed by atoms with Gasteiger partial charge in [-0.05, 0) is 42.7 Å². The minimum absolute atomic E-state index is 0.0185. The molecule has 1 saturated carbocycles. The number of para-hydroxylation sites is 1. The number of imide groups is 1. The summed E-state index contributed by atoms with van der Waals surface area (Å²) in [5.74, 6) is 0.317. The minimum atomic E-state index is -0.119. The Morgan fingerprint density at radius 3 is 2.10 bits per heavy atom. The zero-order chi connectivity index (χ0) is 14.6. The van der Waals surface area contributed by atoms with Gasteiger partial charge in [-0.25, -0.2) is 4.90 Å². The van der Waals surface area contributed by atoms with Gasteiger partial charge in [0.05, 0.1) is 17.5 Å². The van der Waals surface area contributed by atoms with E-state index in [2.05, 4.69) is 19.1 Å². The van der Waals surface area contributed by atoms with Crippen molar-refractivity contribution in [1.82, 2.24) is 0 Å². The topological polar surface area (TPSA) is 37.4 Å². The molecule has 1 aromatic carbocycles. The molecule has 2 bridgehead atoms. The molecular weight excluding hydrogens is 262 g/mol. The van der Waals surface area contributed by atoms with Gasteiger partial charge in [-0.2, -0.15) is 0 Å². The molecule has 2 fully saturated rings. The van der Waals surface area contributed by atoms with Gasteiger partial charge in [0.25, 0.3) is 0 Å². The standard InChI is InChI=1S/C18H19NO2/c1-2-11-5-3-4-6-14(11)19-17(20)15-12-7-8-13(10-9-12)16(15)18(19)21/h3-8,12-13,15-16H,2,9-10H2,1H3/t12-,13-,15+,16+/m1/s1. The van der Waals surface area contributed by atoms with E-state index in [0.29, 0.717) is 0 Å². The first-order valence-electron chi connectivity index (χ1n) is 7.86. The summed E-state index contributed by atoms with van der Waals surface area (Å²) >= 11 is 0. The van der Waals surface area contributed by atoms with Crippen molar-refractivity contribution >= 4 is 17.5 Å². The van der Waals surface area contributed by atoms with Crippen molar-refractivity contribution in [2.24, 2.45) is 23.7 Å². The normalized spacial score (nSPS) is 33.7. The number of fused-ring (bicyclic) bond motifs is 1. The van der Waals surface area contributed by atoms with E-state index in [1.54, 1.807) is 0 Å². The highest BCUT2D eigenvalue weighted by molar-refractivity contribution is 6.22. The van der Waals surface area contributed by atoms with Gasteiger partial charge in [0.1, 0.15) is 0 Å². The summed E-state index contributed by atoms with van der Waals surface area (Å²) in [4.78, 5) is 27.2. The molecule has 0 aromatic heterocycles. The molecule has 2 amide bonds. The maximum atomic E-state index is 12.9. The Morgan fingerprint density at radius 2 is 1.57 bits per heavy atom. The first-order valence-corrected chi connectivity index (χ1v) is 7.86. The molecule has 4 aliphatic rings. The zero-order valence-electron chi connectivity index (χ0n) is 12.2. The second kappa shape index (κ2) is 4.55. The van der Waals surface area contributed by atoms with Crippen LogP contribution in [0.5, 0.6) is 0 Å². The third kappa shape index (κ3) is 1.66. The van der Waals surface area contributed by atoms with Gasteiger partial charge in [-0.3, -0.25) is 9.59 Å². The van der Waals surface area contributed by atoms with Crippen LogP contribution in [0.3, 0.4) is 0 Å². The number of allylic oxidation sites excluding steroid dienone is 2. The fourth-order valence-corrected chi connectivity index (χ4v) is 4.34. The molecule has 5 rings (SSSR count). The highest BCUT2D eigenvalue weighted by Crippen LogP contribution is 2.50. The van der Waals surface area contributed by atoms with Crippen molar-refractivity contribution < 1.29 is 9.59 Å². The van der Waals surface area contributed by atoms with Gasteiger partial charge in [0.2, 0.25) is 11.8 Å². The van der Waals surface area contributed by atoms with Crippen LogP contribution in [0.4, 0.5) is 5.69 Å². The molecule has 3 aliphatic carbocycles. The van der Waals surface area contributed by atoms with E-state index in [1.165, 1.54) is 4.90 Å². The Hall–Kier alpha value is -1.90. The van der Waals surface area contributed by atoms with Crippen LogP contribution in [0, 0.1) is 23.7 Å². The average molecular weight is 281 g/mol. The van der Waals surface area contributed by atoms with Gasteiger partial charge < -0.3 is 0 Å². The average Bonchev–Trinajstić information content (AvgIpc) is 2.82. The third-order valence-electron chi connectivity index (χ3n) is 5.37. The van der Waals surface area contributed by atoms with Crippen molar-refractivity contribution in [3.63, 3.8) is 0 Å². The number of rotatable bonds is 2. The Balaban J connectivity index is 1.79. The number of carbonyl (C=O) groups excluding carboxylic acids is 2. The van der Waals surface area contributed by atoms with Crippen molar-refractivity contribution in [3.8, 4) is 0 Å². The lowest BCUT2D eigenvalue weighted by molar-refractivity contribution is -0.124. The van der Waals surface area contributed by atoms with Crippen LogP contribution >= 0.6 is 0 Å². The van der Waals surface area contributed by atoms with Crippen LogP contribution < -0.4 is 4.90 Å². The molecule has 0 spiro atoms. The second-order valence-electron chi connectivity index (χ2n) is 6.34. The molecule has 0 unspecified atom stereocenters. The third-order valence-corrected chi connectivity index (χ3v) is 5.37. The van der Waals surface area contributed by atoms with Gasteiger partial charge in [0.15, 0.2) is 0 Å². The Morgan fingerprint density at radius 1 is 1.00 bits per heavy atom. The smallest absolute Gasteiger partial charge is 0.238 e. The van der Waals surface area contributed by atoms with Gasteiger partial charge >= 0.3 is 0 Å². The quantitative estimate of drug-likeness (QED) is 0.617. The lowest BCUT2D eigenvalue weighted by atomic mass is 9.63. The Bertz CT molecular complexity index is 616. The summed E-state index contributed by atoms with van der Waals surface area (Å²) in [6.45, 7) is 2.06. The maximum absolute atomic E-state index is 12.9. The SMILES string of the molecule is CCc1ccccc1N1C(=O)[C@@H]2[C@@H](C1=O)[C@@H]1C=C[C@@H]2CC1. The number of nitrogens with zero attached hydrogens (tertiary/aromatic N) is 1. The lowest BCUT2D eigenvalue weighted by Crippen LogP contribution is -2.38. The van der Waals surface area contributed by atoms with E-state index in [0.717, 1.165) is 30.5 Å². The molecule has 108 valence electrons. The number of anilines is 1. The van der Waals surface area contributed by atoms with Crippen LogP contribution in [0.1, 0.15) is 25.3 Å². The molecule has 3 nitrogen and oxygen atoms in total. The van der Waals surface area contributed by atoms with Crippen molar-refractivity contribution in [2.45, 2.75) is 26.2 Å². The van der Waals surface area contributed by atoms with E-state index >= 15 is 0 Å². The molecule has 4 atom stereocenters. The van der Waals surface area contributed by atoms with E-state index in [1.807, 2.05) is 24.3 Å². The fraction of sp³-hybridized carbons (Fsp3) is 0.444. The van der Waals surface area contributed by atoms with Gasteiger partial charge in [0, 0.05) is 0 Å². The highest BCUT2D eigenvalue weighted by atomic mass is 16.2. The van der Waals surface area contributed by atoms with Crippen molar-refractivity contribution in [2.75, 3.05) is 4.90 Å². The second-order valence-corrected chi connectivity index (χ2v) is 6.34. The number of hydrogen-bond donors (Lipinski definition) is 0.